The third-order valence-electron chi connectivity index (χ3n) is 4.97. The van der Waals surface area contributed by atoms with E-state index in [0.29, 0.717) is 16.2 Å². The zero-order valence-electron chi connectivity index (χ0n) is 17.1. The van der Waals surface area contributed by atoms with Crippen molar-refractivity contribution in [1.82, 2.24) is 0 Å². The molecule has 1 aliphatic rings. The fourth-order valence-electron chi connectivity index (χ4n) is 3.32. The Bertz CT molecular complexity index is 1120. The van der Waals surface area contributed by atoms with E-state index >= 15 is 0 Å². The number of carbonyl (C=O) groups is 2. The molecule has 1 heterocycles. The van der Waals surface area contributed by atoms with E-state index in [-0.39, 0.29) is 11.8 Å². The van der Waals surface area contributed by atoms with E-state index in [0.717, 1.165) is 21.7 Å². The van der Waals surface area contributed by atoms with E-state index in [1.807, 2.05) is 105 Å². The second-order valence-electron chi connectivity index (χ2n) is 7.34. The predicted octanol–water partition coefficient (Wildman–Crippen LogP) is 5.14. The van der Waals surface area contributed by atoms with Gasteiger partial charge in [0.1, 0.15) is 0 Å². The number of thioether (sulfide) groups is 1. The van der Waals surface area contributed by atoms with Crippen LogP contribution in [0.1, 0.15) is 11.1 Å². The second-order valence-corrected chi connectivity index (χ2v) is 8.43. The maximum atomic E-state index is 13.4. The number of rotatable bonds is 5. The first kappa shape index (κ1) is 20.0. The van der Waals surface area contributed by atoms with Gasteiger partial charge in [0, 0.05) is 24.7 Å². The third kappa shape index (κ3) is 3.76. The van der Waals surface area contributed by atoms with Crippen molar-refractivity contribution < 1.29 is 9.59 Å². The van der Waals surface area contributed by atoms with Crippen molar-refractivity contribution in [2.45, 2.75) is 11.8 Å². The van der Waals surface area contributed by atoms with Gasteiger partial charge in [-0.3, -0.25) is 9.59 Å². The molecule has 0 radical (unpaired) electrons. The van der Waals surface area contributed by atoms with Gasteiger partial charge in [-0.15, -0.1) is 0 Å². The minimum absolute atomic E-state index is 0.290. The fourth-order valence-corrected chi connectivity index (χ4v) is 4.33. The van der Waals surface area contributed by atoms with Crippen molar-refractivity contribution in [2.75, 3.05) is 23.9 Å². The summed E-state index contributed by atoms with van der Waals surface area (Å²) in [5, 5.41) is 0. The van der Waals surface area contributed by atoms with Crippen molar-refractivity contribution in [3.05, 3.63) is 94.9 Å². The van der Waals surface area contributed by atoms with E-state index < -0.39 is 0 Å². The summed E-state index contributed by atoms with van der Waals surface area (Å²) >= 11 is 1.34. The number of aryl methyl sites for hydroxylation is 1. The molecule has 150 valence electrons. The van der Waals surface area contributed by atoms with Crippen LogP contribution < -0.4 is 9.80 Å². The maximum Gasteiger partial charge on any atom is 0.272 e. The van der Waals surface area contributed by atoms with Crippen LogP contribution in [-0.2, 0) is 9.59 Å². The first-order valence-corrected chi connectivity index (χ1v) is 10.5. The maximum absolute atomic E-state index is 13.4. The summed E-state index contributed by atoms with van der Waals surface area (Å²) in [5.41, 5.74) is 3.88. The van der Waals surface area contributed by atoms with E-state index in [1.165, 1.54) is 16.7 Å². The molecule has 0 fully saturated rings. The summed E-state index contributed by atoms with van der Waals surface area (Å²) < 4.78 is 0. The summed E-state index contributed by atoms with van der Waals surface area (Å²) in [4.78, 5) is 31.5. The molecule has 1 aliphatic heterocycles. The lowest BCUT2D eigenvalue weighted by Crippen LogP contribution is -2.31. The van der Waals surface area contributed by atoms with Crippen LogP contribution in [0.5, 0.6) is 0 Å². The van der Waals surface area contributed by atoms with Gasteiger partial charge in [0.25, 0.3) is 11.8 Å². The molecule has 3 aromatic carbocycles. The molecule has 0 spiro atoms. The van der Waals surface area contributed by atoms with E-state index in [4.69, 9.17) is 0 Å². The summed E-state index contributed by atoms with van der Waals surface area (Å²) in [6.45, 7) is 2.00. The first-order valence-electron chi connectivity index (χ1n) is 9.66. The van der Waals surface area contributed by atoms with E-state index in [2.05, 4.69) is 0 Å². The van der Waals surface area contributed by atoms with Gasteiger partial charge < -0.3 is 4.90 Å². The quantitative estimate of drug-likeness (QED) is 0.542. The number of benzene rings is 3. The molecule has 2 amide bonds. The van der Waals surface area contributed by atoms with Gasteiger partial charge in [-0.05, 0) is 48.9 Å². The van der Waals surface area contributed by atoms with Crippen LogP contribution in [0.2, 0.25) is 0 Å². The standard InChI is InChI=1S/C25H22N2O2S/c1-17-9-11-18(12-10-17)22-23(30-21-7-5-4-6-8-21)25(29)27(24(22)28)20-15-13-19(14-16-20)26(2)3/h4-16H,1-3H3. The molecule has 30 heavy (non-hydrogen) atoms. The molecule has 4 rings (SSSR count). The largest absolute Gasteiger partial charge is 0.378 e. The minimum atomic E-state index is -0.292. The average Bonchev–Trinajstić information content (AvgIpc) is 2.99. The Morgan fingerprint density at radius 2 is 1.40 bits per heavy atom. The van der Waals surface area contributed by atoms with Crippen LogP contribution in [0.15, 0.2) is 88.7 Å². The van der Waals surface area contributed by atoms with Crippen molar-refractivity contribution in [1.29, 1.82) is 0 Å². The van der Waals surface area contributed by atoms with Crippen LogP contribution in [0.4, 0.5) is 11.4 Å². The summed E-state index contributed by atoms with van der Waals surface area (Å²) in [5.74, 6) is -0.582. The molecule has 5 heteroatoms. The lowest BCUT2D eigenvalue weighted by Gasteiger charge is -2.18. The van der Waals surface area contributed by atoms with Crippen molar-refractivity contribution in [3.8, 4) is 0 Å². The molecule has 0 saturated carbocycles. The lowest BCUT2D eigenvalue weighted by molar-refractivity contribution is -0.119. The zero-order chi connectivity index (χ0) is 21.3. The number of nitrogens with zero attached hydrogens (tertiary/aromatic N) is 2. The Labute approximate surface area is 180 Å². The number of anilines is 2. The monoisotopic (exact) mass is 414 g/mol. The Morgan fingerprint density at radius 1 is 0.767 bits per heavy atom. The molecule has 0 bridgehead atoms. The molecule has 4 nitrogen and oxygen atoms in total. The molecule has 0 aromatic heterocycles. The molecule has 0 atom stereocenters. The second kappa shape index (κ2) is 8.20. The Morgan fingerprint density at radius 3 is 2.00 bits per heavy atom. The fraction of sp³-hybridized carbons (Fsp3) is 0.120. The number of imide groups is 1. The van der Waals surface area contributed by atoms with E-state index in [1.54, 1.807) is 0 Å². The third-order valence-corrected chi connectivity index (χ3v) is 6.06. The highest BCUT2D eigenvalue weighted by Crippen LogP contribution is 2.41. The van der Waals surface area contributed by atoms with Crippen LogP contribution in [0, 0.1) is 6.92 Å². The number of hydrogen-bond donors (Lipinski definition) is 0. The van der Waals surface area contributed by atoms with Gasteiger partial charge in [-0.25, -0.2) is 4.90 Å². The van der Waals surface area contributed by atoms with Crippen molar-refractivity contribution in [2.24, 2.45) is 0 Å². The molecule has 0 saturated heterocycles. The van der Waals surface area contributed by atoms with Gasteiger partial charge in [0.05, 0.1) is 16.2 Å². The number of hydrogen-bond acceptors (Lipinski definition) is 4. The molecule has 0 aliphatic carbocycles. The highest BCUT2D eigenvalue weighted by atomic mass is 32.2. The van der Waals surface area contributed by atoms with E-state index in [9.17, 15) is 9.59 Å². The first-order chi connectivity index (χ1) is 14.5. The zero-order valence-corrected chi connectivity index (χ0v) is 17.9. The molecular formula is C25H22N2O2S. The summed E-state index contributed by atoms with van der Waals surface area (Å²) in [6.07, 6.45) is 0. The summed E-state index contributed by atoms with van der Waals surface area (Å²) in [7, 11) is 3.90. The van der Waals surface area contributed by atoms with Gasteiger partial charge >= 0.3 is 0 Å². The normalized spacial score (nSPS) is 13.9. The number of carbonyl (C=O) groups excluding carboxylic acids is 2. The average molecular weight is 415 g/mol. The topological polar surface area (TPSA) is 40.6 Å². The minimum Gasteiger partial charge on any atom is -0.378 e. The number of amides is 2. The smallest absolute Gasteiger partial charge is 0.272 e. The molecule has 0 unspecified atom stereocenters. The van der Waals surface area contributed by atoms with Crippen molar-refractivity contribution >= 4 is 40.5 Å². The van der Waals surface area contributed by atoms with Crippen LogP contribution >= 0.6 is 11.8 Å². The van der Waals surface area contributed by atoms with Crippen molar-refractivity contribution in [3.63, 3.8) is 0 Å². The van der Waals surface area contributed by atoms with Crippen LogP contribution in [0.3, 0.4) is 0 Å². The Hall–Kier alpha value is -3.31. The van der Waals surface area contributed by atoms with Gasteiger partial charge in [0.15, 0.2) is 0 Å². The Balaban J connectivity index is 1.78. The molecule has 3 aromatic rings. The summed E-state index contributed by atoms with van der Waals surface area (Å²) in [6, 6.07) is 24.8. The Kier molecular flexibility index (Phi) is 5.46. The SMILES string of the molecule is Cc1ccc(C2=C(Sc3ccccc3)C(=O)N(c3ccc(N(C)C)cc3)C2=O)cc1. The lowest BCUT2D eigenvalue weighted by atomic mass is 10.0. The van der Waals surface area contributed by atoms with Gasteiger partial charge in [-0.2, -0.15) is 0 Å². The van der Waals surface area contributed by atoms with Gasteiger partial charge in [-0.1, -0.05) is 59.8 Å². The van der Waals surface area contributed by atoms with Crippen LogP contribution in [-0.4, -0.2) is 25.9 Å². The molecular weight excluding hydrogens is 392 g/mol. The predicted molar refractivity (Wildman–Crippen MR) is 124 cm³/mol. The van der Waals surface area contributed by atoms with Gasteiger partial charge in [0.2, 0.25) is 0 Å². The molecule has 0 N–H and O–H groups in total. The highest BCUT2D eigenvalue weighted by molar-refractivity contribution is 8.04. The highest BCUT2D eigenvalue weighted by Gasteiger charge is 2.40. The van der Waals surface area contributed by atoms with Crippen LogP contribution in [0.25, 0.3) is 5.57 Å².